The van der Waals surface area contributed by atoms with E-state index in [-0.39, 0.29) is 6.09 Å². The molecule has 0 aromatic heterocycles. The SMILES string of the molecule is CCOC(=O)N(Cc1ccccc1)C1=[N+](C)CCN1C. The quantitative estimate of drug-likeness (QED) is 0.787. The van der Waals surface area contributed by atoms with Crippen LogP contribution in [0.1, 0.15) is 12.5 Å². The molecular weight excluding hydrogens is 254 g/mol. The molecule has 108 valence electrons. The van der Waals surface area contributed by atoms with Crippen molar-refractivity contribution in [1.29, 1.82) is 0 Å². The van der Waals surface area contributed by atoms with Crippen molar-refractivity contribution in [3.8, 4) is 0 Å². The molecule has 0 aliphatic carbocycles. The molecule has 1 heterocycles. The second-order valence-corrected chi connectivity index (χ2v) is 4.91. The number of rotatable bonds is 3. The van der Waals surface area contributed by atoms with E-state index >= 15 is 0 Å². The normalized spacial score (nSPS) is 14.7. The van der Waals surface area contributed by atoms with Gasteiger partial charge in [-0.15, -0.1) is 0 Å². The van der Waals surface area contributed by atoms with Crippen LogP contribution in [0.15, 0.2) is 30.3 Å². The fourth-order valence-electron chi connectivity index (χ4n) is 2.39. The lowest BCUT2D eigenvalue weighted by molar-refractivity contribution is -0.491. The molecule has 1 aromatic carbocycles. The largest absolute Gasteiger partial charge is 0.478 e. The summed E-state index contributed by atoms with van der Waals surface area (Å²) in [6.07, 6.45) is -0.299. The number of ether oxygens (including phenoxy) is 1. The second kappa shape index (κ2) is 6.41. The highest BCUT2D eigenvalue weighted by Gasteiger charge is 2.36. The number of nitrogens with zero attached hydrogens (tertiary/aromatic N) is 3. The molecule has 1 amide bonds. The van der Waals surface area contributed by atoms with Gasteiger partial charge in [0.05, 0.1) is 33.8 Å². The number of hydrogen-bond donors (Lipinski definition) is 0. The van der Waals surface area contributed by atoms with E-state index in [0.29, 0.717) is 13.2 Å². The number of guanidine groups is 1. The first-order chi connectivity index (χ1) is 9.63. The highest BCUT2D eigenvalue weighted by molar-refractivity contribution is 5.91. The topological polar surface area (TPSA) is 35.8 Å². The van der Waals surface area contributed by atoms with Crippen molar-refractivity contribution in [2.45, 2.75) is 13.5 Å². The maximum atomic E-state index is 12.3. The maximum Gasteiger partial charge on any atom is 0.478 e. The van der Waals surface area contributed by atoms with E-state index < -0.39 is 0 Å². The van der Waals surface area contributed by atoms with Crippen LogP contribution in [-0.4, -0.2) is 60.2 Å². The fraction of sp³-hybridized carbons (Fsp3) is 0.467. The Hall–Kier alpha value is -2.04. The van der Waals surface area contributed by atoms with Gasteiger partial charge >= 0.3 is 12.1 Å². The Kier molecular flexibility index (Phi) is 4.61. The molecule has 1 aliphatic heterocycles. The van der Waals surface area contributed by atoms with Crippen LogP contribution in [0.2, 0.25) is 0 Å². The summed E-state index contributed by atoms with van der Waals surface area (Å²) in [5.74, 6) is 0.896. The fourth-order valence-corrected chi connectivity index (χ4v) is 2.39. The third kappa shape index (κ3) is 3.10. The Labute approximate surface area is 120 Å². The summed E-state index contributed by atoms with van der Waals surface area (Å²) in [6, 6.07) is 9.96. The molecule has 5 nitrogen and oxygen atoms in total. The van der Waals surface area contributed by atoms with Crippen LogP contribution in [0.25, 0.3) is 0 Å². The number of carbonyl (C=O) groups excluding carboxylic acids is 1. The zero-order chi connectivity index (χ0) is 14.5. The van der Waals surface area contributed by atoms with Crippen LogP contribution in [0.5, 0.6) is 0 Å². The van der Waals surface area contributed by atoms with Crippen molar-refractivity contribution in [2.24, 2.45) is 0 Å². The average molecular weight is 276 g/mol. The maximum absolute atomic E-state index is 12.3. The molecule has 0 saturated heterocycles. The number of amides is 1. The average Bonchev–Trinajstić information content (AvgIpc) is 2.77. The van der Waals surface area contributed by atoms with E-state index in [2.05, 4.69) is 9.48 Å². The monoisotopic (exact) mass is 276 g/mol. The van der Waals surface area contributed by atoms with Gasteiger partial charge in [0, 0.05) is 0 Å². The molecule has 1 aliphatic rings. The Bertz CT molecular complexity index is 499. The van der Waals surface area contributed by atoms with E-state index in [1.54, 1.807) is 4.90 Å². The van der Waals surface area contributed by atoms with Crippen molar-refractivity contribution < 1.29 is 14.1 Å². The third-order valence-electron chi connectivity index (χ3n) is 3.37. The second-order valence-electron chi connectivity index (χ2n) is 4.91. The summed E-state index contributed by atoms with van der Waals surface area (Å²) in [7, 11) is 3.99. The first-order valence-corrected chi connectivity index (χ1v) is 6.91. The predicted molar refractivity (Wildman–Crippen MR) is 77.7 cm³/mol. The molecule has 0 saturated carbocycles. The van der Waals surface area contributed by atoms with Gasteiger partial charge in [-0.1, -0.05) is 30.3 Å². The van der Waals surface area contributed by atoms with Gasteiger partial charge in [-0.05, 0) is 12.5 Å². The van der Waals surface area contributed by atoms with Gasteiger partial charge < -0.3 is 4.74 Å². The first kappa shape index (κ1) is 14.4. The lowest BCUT2D eigenvalue weighted by Crippen LogP contribution is -2.45. The van der Waals surface area contributed by atoms with Crippen LogP contribution in [0.4, 0.5) is 4.79 Å². The van der Waals surface area contributed by atoms with Gasteiger partial charge in [-0.2, -0.15) is 4.90 Å². The van der Waals surface area contributed by atoms with E-state index in [1.807, 2.05) is 51.4 Å². The lowest BCUT2D eigenvalue weighted by atomic mass is 10.2. The van der Waals surface area contributed by atoms with E-state index in [0.717, 1.165) is 24.6 Å². The molecule has 1 aromatic rings. The third-order valence-corrected chi connectivity index (χ3v) is 3.37. The first-order valence-electron chi connectivity index (χ1n) is 6.91. The highest BCUT2D eigenvalue weighted by atomic mass is 16.6. The predicted octanol–water partition coefficient (Wildman–Crippen LogP) is 1.59. The lowest BCUT2D eigenvalue weighted by Gasteiger charge is -2.20. The molecule has 0 unspecified atom stereocenters. The number of carbonyl (C=O) groups is 1. The Balaban J connectivity index is 2.26. The van der Waals surface area contributed by atoms with E-state index in [4.69, 9.17) is 4.74 Å². The minimum absolute atomic E-state index is 0.299. The van der Waals surface area contributed by atoms with Crippen molar-refractivity contribution in [2.75, 3.05) is 33.8 Å². The number of hydrogen-bond acceptors (Lipinski definition) is 3. The van der Waals surface area contributed by atoms with Crippen LogP contribution in [-0.2, 0) is 11.3 Å². The molecule has 20 heavy (non-hydrogen) atoms. The van der Waals surface area contributed by atoms with Gasteiger partial charge in [-0.25, -0.2) is 4.79 Å². The molecule has 2 rings (SSSR count). The molecule has 5 heteroatoms. The summed E-state index contributed by atoms with van der Waals surface area (Å²) < 4.78 is 7.28. The van der Waals surface area contributed by atoms with Gasteiger partial charge in [0.15, 0.2) is 0 Å². The van der Waals surface area contributed by atoms with E-state index in [1.165, 1.54) is 0 Å². The molecule has 0 radical (unpaired) electrons. The summed E-state index contributed by atoms with van der Waals surface area (Å²) in [5.41, 5.74) is 1.08. The van der Waals surface area contributed by atoms with Crippen molar-refractivity contribution in [1.82, 2.24) is 9.80 Å². The summed E-state index contributed by atoms with van der Waals surface area (Å²) in [4.78, 5) is 16.0. The molecule has 0 spiro atoms. The summed E-state index contributed by atoms with van der Waals surface area (Å²) in [6.45, 7) is 4.55. The molecule has 0 atom stereocenters. The standard InChI is InChI=1S/C15H22N3O2/c1-4-20-15(19)18(12-13-8-6-5-7-9-13)14-16(2)10-11-17(14)3/h5-9H,4,10-12H2,1-3H3/q+1. The zero-order valence-electron chi connectivity index (χ0n) is 12.4. The Morgan fingerprint density at radius 1 is 1.40 bits per heavy atom. The van der Waals surface area contributed by atoms with Crippen LogP contribution in [0.3, 0.4) is 0 Å². The Morgan fingerprint density at radius 2 is 2.10 bits per heavy atom. The van der Waals surface area contributed by atoms with Crippen molar-refractivity contribution in [3.05, 3.63) is 35.9 Å². The highest BCUT2D eigenvalue weighted by Crippen LogP contribution is 2.11. The summed E-state index contributed by atoms with van der Waals surface area (Å²) >= 11 is 0. The van der Waals surface area contributed by atoms with Crippen LogP contribution >= 0.6 is 0 Å². The molecule has 0 N–H and O–H groups in total. The van der Waals surface area contributed by atoms with Gasteiger partial charge in [0.1, 0.15) is 6.54 Å². The minimum atomic E-state index is -0.299. The van der Waals surface area contributed by atoms with Crippen LogP contribution < -0.4 is 0 Å². The van der Waals surface area contributed by atoms with Gasteiger partial charge in [-0.3, -0.25) is 9.48 Å². The minimum Gasteiger partial charge on any atom is -0.438 e. The molecular formula is C15H22N3O2+. The molecule has 0 bridgehead atoms. The number of benzene rings is 1. The molecule has 0 fully saturated rings. The number of likely N-dealkylation sites (N-methyl/N-ethyl adjacent to an activating group) is 2. The zero-order valence-corrected chi connectivity index (χ0v) is 12.4. The smallest absolute Gasteiger partial charge is 0.438 e. The van der Waals surface area contributed by atoms with Gasteiger partial charge in [0.2, 0.25) is 0 Å². The van der Waals surface area contributed by atoms with Crippen LogP contribution in [0, 0.1) is 0 Å². The van der Waals surface area contributed by atoms with E-state index in [9.17, 15) is 4.79 Å². The Morgan fingerprint density at radius 3 is 2.65 bits per heavy atom. The van der Waals surface area contributed by atoms with Gasteiger partial charge in [0.25, 0.3) is 0 Å². The summed E-state index contributed by atoms with van der Waals surface area (Å²) in [5, 5.41) is 0. The van der Waals surface area contributed by atoms with Crippen molar-refractivity contribution >= 4 is 12.1 Å². The van der Waals surface area contributed by atoms with Crippen molar-refractivity contribution in [3.63, 3.8) is 0 Å².